The number of carboxylic acids is 1. The molecule has 0 heterocycles. The van der Waals surface area contributed by atoms with Gasteiger partial charge in [0.05, 0.1) is 19.6 Å². The number of carboxylic acid groups (broad SMARTS) is 1. The Labute approximate surface area is 119 Å². The monoisotopic (exact) mass is 278 g/mol. The highest BCUT2D eigenvalue weighted by Gasteiger charge is 2.43. The van der Waals surface area contributed by atoms with Crippen LogP contribution in [0.3, 0.4) is 0 Å². The number of aliphatic carboxylic acids is 1. The Kier molecular flexibility index (Phi) is 4.21. The summed E-state index contributed by atoms with van der Waals surface area (Å²) < 4.78 is 10.5. The largest absolute Gasteiger partial charge is 0.493 e. The van der Waals surface area contributed by atoms with Gasteiger partial charge in [-0.25, -0.2) is 0 Å². The zero-order chi connectivity index (χ0) is 14.8. The van der Waals surface area contributed by atoms with Crippen molar-refractivity contribution >= 4 is 5.97 Å². The first-order chi connectivity index (χ1) is 9.53. The molecule has 1 saturated carbocycles. The van der Waals surface area contributed by atoms with Gasteiger partial charge in [0.15, 0.2) is 11.5 Å². The molecule has 4 nitrogen and oxygen atoms in total. The second-order valence-corrected chi connectivity index (χ2v) is 5.64. The molecule has 0 bridgehead atoms. The van der Waals surface area contributed by atoms with E-state index in [1.165, 1.54) is 0 Å². The summed E-state index contributed by atoms with van der Waals surface area (Å²) in [5.41, 5.74) is 0.0287. The minimum atomic E-state index is -0.786. The van der Waals surface area contributed by atoms with Gasteiger partial charge in [-0.15, -0.1) is 0 Å². The summed E-state index contributed by atoms with van der Waals surface area (Å²) in [6, 6.07) is 5.45. The van der Waals surface area contributed by atoms with E-state index in [1.54, 1.807) is 20.3 Å². The van der Waals surface area contributed by atoms with E-state index >= 15 is 0 Å². The fourth-order valence-electron chi connectivity index (χ4n) is 3.01. The predicted molar refractivity (Wildman–Crippen MR) is 76.5 cm³/mol. The summed E-state index contributed by atoms with van der Waals surface area (Å²) in [5, 5.41) is 9.75. The lowest BCUT2D eigenvalue weighted by Gasteiger charge is -2.36. The smallest absolute Gasteiger partial charge is 0.314 e. The fourth-order valence-corrected chi connectivity index (χ4v) is 3.01. The van der Waals surface area contributed by atoms with E-state index in [1.807, 2.05) is 12.1 Å². The van der Waals surface area contributed by atoms with E-state index < -0.39 is 11.4 Å². The zero-order valence-electron chi connectivity index (χ0n) is 12.3. The van der Waals surface area contributed by atoms with Crippen molar-refractivity contribution in [3.05, 3.63) is 23.8 Å². The molecule has 110 valence electrons. The highest BCUT2D eigenvalue weighted by molar-refractivity contribution is 5.82. The maximum Gasteiger partial charge on any atom is 0.314 e. The van der Waals surface area contributed by atoms with Gasteiger partial charge in [0.1, 0.15) is 0 Å². The summed E-state index contributed by atoms with van der Waals surface area (Å²) in [6.45, 7) is 2.18. The summed E-state index contributed by atoms with van der Waals surface area (Å²) >= 11 is 0. The molecular formula is C16H22O4. The first-order valence-electron chi connectivity index (χ1n) is 6.99. The highest BCUT2D eigenvalue weighted by atomic mass is 16.5. The van der Waals surface area contributed by atoms with Crippen molar-refractivity contribution in [3.8, 4) is 11.5 Å². The molecular weight excluding hydrogens is 256 g/mol. The average Bonchev–Trinajstić information content (AvgIpc) is 2.47. The number of rotatable bonds is 4. The standard InChI is InChI=1S/C16H22O4/c1-11-6-8-16(9-7-11,15(17)18)12-4-5-13(19-2)14(10-12)20-3/h4-5,10-11H,6-9H2,1-3H3,(H,17,18). The van der Waals surface area contributed by atoms with Gasteiger partial charge in [-0.1, -0.05) is 13.0 Å². The molecule has 1 N–H and O–H groups in total. The molecule has 1 aliphatic rings. The lowest BCUT2D eigenvalue weighted by atomic mass is 9.67. The number of benzene rings is 1. The quantitative estimate of drug-likeness (QED) is 0.918. The van der Waals surface area contributed by atoms with Crippen molar-refractivity contribution in [3.63, 3.8) is 0 Å². The van der Waals surface area contributed by atoms with Crippen LogP contribution in [0, 0.1) is 5.92 Å². The van der Waals surface area contributed by atoms with Gasteiger partial charge in [0.2, 0.25) is 0 Å². The molecule has 0 aliphatic heterocycles. The van der Waals surface area contributed by atoms with Crippen LogP contribution in [-0.2, 0) is 10.2 Å². The number of methoxy groups -OCH3 is 2. The van der Waals surface area contributed by atoms with Gasteiger partial charge < -0.3 is 14.6 Å². The van der Waals surface area contributed by atoms with Crippen LogP contribution in [-0.4, -0.2) is 25.3 Å². The average molecular weight is 278 g/mol. The minimum absolute atomic E-state index is 0.587. The Morgan fingerprint density at radius 3 is 2.30 bits per heavy atom. The molecule has 0 aromatic heterocycles. The van der Waals surface area contributed by atoms with Gasteiger partial charge >= 0.3 is 5.97 Å². The van der Waals surface area contributed by atoms with Crippen molar-refractivity contribution in [2.24, 2.45) is 5.92 Å². The Bertz CT molecular complexity index is 487. The molecule has 0 saturated heterocycles. The summed E-state index contributed by atoms with van der Waals surface area (Å²) in [4.78, 5) is 11.9. The highest BCUT2D eigenvalue weighted by Crippen LogP contribution is 2.44. The van der Waals surface area contributed by atoms with Crippen LogP contribution in [0.15, 0.2) is 18.2 Å². The Balaban J connectivity index is 2.42. The van der Waals surface area contributed by atoms with E-state index in [9.17, 15) is 9.90 Å². The molecule has 1 aromatic carbocycles. The van der Waals surface area contributed by atoms with E-state index in [0.717, 1.165) is 18.4 Å². The van der Waals surface area contributed by atoms with Crippen molar-refractivity contribution in [1.82, 2.24) is 0 Å². The van der Waals surface area contributed by atoms with Crippen LogP contribution in [0.2, 0.25) is 0 Å². The maximum absolute atomic E-state index is 11.9. The first kappa shape index (κ1) is 14.7. The lowest BCUT2D eigenvalue weighted by molar-refractivity contribution is -0.145. The van der Waals surface area contributed by atoms with Gasteiger partial charge in [-0.2, -0.15) is 0 Å². The SMILES string of the molecule is COc1ccc(C2(C(=O)O)CCC(C)CC2)cc1OC. The third-order valence-electron chi connectivity index (χ3n) is 4.47. The van der Waals surface area contributed by atoms with Crippen LogP contribution in [0.1, 0.15) is 38.2 Å². The van der Waals surface area contributed by atoms with Crippen molar-refractivity contribution in [2.75, 3.05) is 14.2 Å². The third-order valence-corrected chi connectivity index (χ3v) is 4.47. The third kappa shape index (κ3) is 2.47. The van der Waals surface area contributed by atoms with E-state index in [4.69, 9.17) is 9.47 Å². The van der Waals surface area contributed by atoms with Crippen molar-refractivity contribution < 1.29 is 19.4 Å². The predicted octanol–water partition coefficient (Wildman–Crippen LogP) is 3.24. The summed E-state index contributed by atoms with van der Waals surface area (Å²) in [6.07, 6.45) is 3.25. The van der Waals surface area contributed by atoms with Crippen LogP contribution in [0.25, 0.3) is 0 Å². The van der Waals surface area contributed by atoms with E-state index in [-0.39, 0.29) is 0 Å². The Morgan fingerprint density at radius 2 is 1.80 bits per heavy atom. The minimum Gasteiger partial charge on any atom is -0.493 e. The summed E-state index contributed by atoms with van der Waals surface area (Å²) in [7, 11) is 3.14. The molecule has 1 aromatic rings. The molecule has 0 unspecified atom stereocenters. The second kappa shape index (κ2) is 5.73. The number of hydrogen-bond donors (Lipinski definition) is 1. The van der Waals surface area contributed by atoms with Crippen molar-refractivity contribution in [2.45, 2.75) is 38.0 Å². The first-order valence-corrected chi connectivity index (χ1v) is 6.99. The molecule has 20 heavy (non-hydrogen) atoms. The molecule has 1 aliphatic carbocycles. The molecule has 1 fully saturated rings. The van der Waals surface area contributed by atoms with Crippen LogP contribution >= 0.6 is 0 Å². The van der Waals surface area contributed by atoms with Gasteiger partial charge in [0, 0.05) is 0 Å². The maximum atomic E-state index is 11.9. The Morgan fingerprint density at radius 1 is 1.20 bits per heavy atom. The van der Waals surface area contributed by atoms with Crippen molar-refractivity contribution in [1.29, 1.82) is 0 Å². The molecule has 0 amide bonds. The Hall–Kier alpha value is -1.71. The summed E-state index contributed by atoms with van der Waals surface area (Å²) in [5.74, 6) is 1.07. The van der Waals surface area contributed by atoms with Crippen LogP contribution in [0.5, 0.6) is 11.5 Å². The second-order valence-electron chi connectivity index (χ2n) is 5.64. The van der Waals surface area contributed by atoms with Gasteiger partial charge in [0.25, 0.3) is 0 Å². The lowest BCUT2D eigenvalue weighted by Crippen LogP contribution is -2.39. The van der Waals surface area contributed by atoms with Crippen LogP contribution in [0.4, 0.5) is 0 Å². The topological polar surface area (TPSA) is 55.8 Å². The normalized spacial score (nSPS) is 26.1. The molecule has 0 radical (unpaired) electrons. The molecule has 4 heteroatoms. The molecule has 2 rings (SSSR count). The molecule has 0 spiro atoms. The number of hydrogen-bond acceptors (Lipinski definition) is 3. The fraction of sp³-hybridized carbons (Fsp3) is 0.562. The van der Waals surface area contributed by atoms with Gasteiger partial charge in [-0.3, -0.25) is 4.79 Å². The van der Waals surface area contributed by atoms with Crippen LogP contribution < -0.4 is 9.47 Å². The zero-order valence-corrected chi connectivity index (χ0v) is 12.3. The number of ether oxygens (including phenoxy) is 2. The van der Waals surface area contributed by atoms with E-state index in [2.05, 4.69) is 6.92 Å². The van der Waals surface area contributed by atoms with E-state index in [0.29, 0.717) is 30.3 Å². The van der Waals surface area contributed by atoms with Gasteiger partial charge in [-0.05, 0) is 49.3 Å². The number of carbonyl (C=O) groups is 1. The molecule has 0 atom stereocenters.